The number of nitrogens with zero attached hydrogens (tertiary/aromatic N) is 2. The summed E-state index contributed by atoms with van der Waals surface area (Å²) in [5, 5.41) is 5.77. The summed E-state index contributed by atoms with van der Waals surface area (Å²) in [5.74, 6) is 0. The van der Waals surface area contributed by atoms with E-state index in [1.54, 1.807) is 0 Å². The van der Waals surface area contributed by atoms with Crippen molar-refractivity contribution in [3.63, 3.8) is 0 Å². The first-order valence-corrected chi connectivity index (χ1v) is 10.9. The summed E-state index contributed by atoms with van der Waals surface area (Å²) in [6, 6.07) is 32.0. The van der Waals surface area contributed by atoms with Crippen LogP contribution in [-0.4, -0.2) is 0 Å². The third-order valence-electron chi connectivity index (χ3n) is 5.33. The summed E-state index contributed by atoms with van der Waals surface area (Å²) in [5.41, 5.74) is 3.27. The molecule has 6 aromatic rings. The predicted octanol–water partition coefficient (Wildman–Crippen LogP) is 6.50. The van der Waals surface area contributed by atoms with Gasteiger partial charge in [-0.25, -0.2) is 9.53 Å². The van der Waals surface area contributed by atoms with Crippen LogP contribution in [0.3, 0.4) is 0 Å². The predicted molar refractivity (Wildman–Crippen MR) is 127 cm³/mol. The summed E-state index contributed by atoms with van der Waals surface area (Å²) >= 11 is 0. The summed E-state index contributed by atoms with van der Waals surface area (Å²) in [7, 11) is 0.00697. The minimum absolute atomic E-state index is 0.00697. The second-order valence-corrected chi connectivity index (χ2v) is 7.86. The molecule has 0 N–H and O–H groups in total. The molecule has 0 unspecified atom stereocenters. The fourth-order valence-corrected chi connectivity index (χ4v) is 4.63. The molecule has 0 radical (unpaired) electrons. The van der Waals surface area contributed by atoms with Gasteiger partial charge in [-0.05, 0) is 48.5 Å². The van der Waals surface area contributed by atoms with Crippen LogP contribution in [0.1, 0.15) is 0 Å². The maximum Gasteiger partial charge on any atom is 0.136 e. The molecule has 0 saturated carbocycles. The SMILES string of the molecule is c1ccc2c(=NPN=c3c4ccccc4oc4ccccc34)c3ccccc3oc2c1. The van der Waals surface area contributed by atoms with E-state index >= 15 is 0 Å². The van der Waals surface area contributed by atoms with Gasteiger partial charge in [0.15, 0.2) is 0 Å². The van der Waals surface area contributed by atoms with Gasteiger partial charge >= 0.3 is 0 Å². The van der Waals surface area contributed by atoms with Crippen LogP contribution in [0.5, 0.6) is 0 Å². The van der Waals surface area contributed by atoms with Crippen molar-refractivity contribution in [2.45, 2.75) is 0 Å². The van der Waals surface area contributed by atoms with Crippen LogP contribution in [0.4, 0.5) is 0 Å². The average Bonchev–Trinajstić information content (AvgIpc) is 2.83. The number of rotatable bonds is 2. The molecule has 31 heavy (non-hydrogen) atoms. The Bertz CT molecular complexity index is 1490. The van der Waals surface area contributed by atoms with Gasteiger partial charge in [0.05, 0.1) is 10.7 Å². The van der Waals surface area contributed by atoms with Crippen molar-refractivity contribution >= 4 is 52.8 Å². The van der Waals surface area contributed by atoms with Gasteiger partial charge in [0, 0.05) is 21.5 Å². The topological polar surface area (TPSA) is 51.0 Å². The quantitative estimate of drug-likeness (QED) is 0.237. The summed E-state index contributed by atoms with van der Waals surface area (Å²) in [6.45, 7) is 0. The van der Waals surface area contributed by atoms with Gasteiger partial charge in [-0.3, -0.25) is 0 Å². The molecule has 5 heteroatoms. The molecule has 2 heterocycles. The van der Waals surface area contributed by atoms with Crippen LogP contribution in [0.2, 0.25) is 0 Å². The maximum atomic E-state index is 6.07. The second kappa shape index (κ2) is 7.50. The van der Waals surface area contributed by atoms with Gasteiger partial charge in [-0.2, -0.15) is 0 Å². The molecule has 6 rings (SSSR count). The first-order chi connectivity index (χ1) is 15.4. The Balaban J connectivity index is 1.62. The molecule has 0 aliphatic heterocycles. The lowest BCUT2D eigenvalue weighted by Crippen LogP contribution is -2.05. The Kier molecular flexibility index (Phi) is 4.37. The smallest absolute Gasteiger partial charge is 0.136 e. The molecule has 4 nitrogen and oxygen atoms in total. The van der Waals surface area contributed by atoms with Crippen LogP contribution in [0.15, 0.2) is 115 Å². The molecule has 0 fully saturated rings. The maximum absolute atomic E-state index is 6.07. The van der Waals surface area contributed by atoms with Crippen molar-refractivity contribution in [1.29, 1.82) is 0 Å². The summed E-state index contributed by atoms with van der Waals surface area (Å²) < 4.78 is 22.0. The first-order valence-electron chi connectivity index (χ1n) is 10.0. The lowest BCUT2D eigenvalue weighted by molar-refractivity contribution is 0.659. The van der Waals surface area contributed by atoms with E-state index < -0.39 is 0 Å². The number of para-hydroxylation sites is 4. The Hall–Kier alpha value is -3.75. The zero-order chi connectivity index (χ0) is 20.6. The zero-order valence-corrected chi connectivity index (χ0v) is 17.4. The van der Waals surface area contributed by atoms with Gasteiger partial charge in [0.25, 0.3) is 0 Å². The van der Waals surface area contributed by atoms with Gasteiger partial charge in [-0.15, -0.1) is 0 Å². The van der Waals surface area contributed by atoms with Crippen LogP contribution >= 0.6 is 8.88 Å². The van der Waals surface area contributed by atoms with Crippen molar-refractivity contribution in [2.24, 2.45) is 9.53 Å². The van der Waals surface area contributed by atoms with E-state index in [2.05, 4.69) is 0 Å². The highest BCUT2D eigenvalue weighted by molar-refractivity contribution is 7.34. The van der Waals surface area contributed by atoms with E-state index in [1.807, 2.05) is 97.1 Å². The summed E-state index contributed by atoms with van der Waals surface area (Å²) in [6.07, 6.45) is 0. The standard InChI is InChI=1S/C26H17N2O2P/c1-5-13-21-17(9-1)25(18-10-2-6-14-22(18)29-21)27-31-28-26-19-11-3-7-15-23(19)30-24-16-8-4-12-20(24)26/h1-16,31H. The third-order valence-corrected chi connectivity index (χ3v) is 5.98. The van der Waals surface area contributed by atoms with Crippen molar-refractivity contribution in [3.05, 3.63) is 108 Å². The Morgan fingerprint density at radius 2 is 0.710 bits per heavy atom. The van der Waals surface area contributed by atoms with E-state index in [4.69, 9.17) is 18.4 Å². The van der Waals surface area contributed by atoms with Crippen molar-refractivity contribution in [2.75, 3.05) is 0 Å². The van der Waals surface area contributed by atoms with Gasteiger partial charge in [-0.1, -0.05) is 48.5 Å². The largest absolute Gasteiger partial charge is 0.456 e. The van der Waals surface area contributed by atoms with E-state index in [0.29, 0.717) is 0 Å². The minimum atomic E-state index is 0.00697. The van der Waals surface area contributed by atoms with Crippen LogP contribution in [0, 0.1) is 0 Å². The third kappa shape index (κ3) is 3.13. The van der Waals surface area contributed by atoms with Gasteiger partial charge in [0.1, 0.15) is 31.2 Å². The molecule has 4 aromatic carbocycles. The molecular formula is C26H17N2O2P. The molecule has 0 bridgehead atoms. The van der Waals surface area contributed by atoms with E-state index in [1.165, 1.54) is 0 Å². The van der Waals surface area contributed by atoms with E-state index in [0.717, 1.165) is 54.6 Å². The minimum Gasteiger partial charge on any atom is -0.456 e. The lowest BCUT2D eigenvalue weighted by Gasteiger charge is -2.04. The fraction of sp³-hybridized carbons (Fsp3) is 0. The molecule has 0 aliphatic rings. The highest BCUT2D eigenvalue weighted by atomic mass is 31.1. The first kappa shape index (κ1) is 18.1. The highest BCUT2D eigenvalue weighted by Crippen LogP contribution is 2.23. The summed E-state index contributed by atoms with van der Waals surface area (Å²) in [4.78, 5) is 0. The number of hydrogen-bond acceptors (Lipinski definition) is 4. The average molecular weight is 420 g/mol. The Morgan fingerprint density at radius 3 is 1.03 bits per heavy atom. The Morgan fingerprint density at radius 1 is 0.419 bits per heavy atom. The lowest BCUT2D eigenvalue weighted by atomic mass is 10.1. The molecule has 0 aliphatic carbocycles. The molecule has 0 spiro atoms. The molecule has 0 amide bonds. The second-order valence-electron chi connectivity index (χ2n) is 7.21. The van der Waals surface area contributed by atoms with Crippen LogP contribution < -0.4 is 10.7 Å². The van der Waals surface area contributed by atoms with Gasteiger partial charge < -0.3 is 8.83 Å². The Labute approximate surface area is 179 Å². The van der Waals surface area contributed by atoms with Gasteiger partial charge in [0.2, 0.25) is 0 Å². The molecular weight excluding hydrogens is 403 g/mol. The van der Waals surface area contributed by atoms with E-state index in [9.17, 15) is 0 Å². The van der Waals surface area contributed by atoms with E-state index in [-0.39, 0.29) is 8.88 Å². The molecule has 148 valence electrons. The fourth-order valence-electron chi connectivity index (χ4n) is 3.90. The molecule has 2 aromatic heterocycles. The number of benzene rings is 4. The normalized spacial score (nSPS) is 11.4. The van der Waals surface area contributed by atoms with Crippen LogP contribution in [0.25, 0.3) is 43.9 Å². The van der Waals surface area contributed by atoms with Crippen molar-refractivity contribution in [3.8, 4) is 0 Å². The molecule has 0 saturated heterocycles. The highest BCUT2D eigenvalue weighted by Gasteiger charge is 2.06. The van der Waals surface area contributed by atoms with Crippen LogP contribution in [-0.2, 0) is 0 Å². The zero-order valence-electron chi connectivity index (χ0n) is 16.4. The number of hydrogen-bond donors (Lipinski definition) is 0. The monoisotopic (exact) mass is 420 g/mol. The van der Waals surface area contributed by atoms with Crippen molar-refractivity contribution < 1.29 is 8.83 Å². The number of fused-ring (bicyclic) bond motifs is 4. The molecule has 0 atom stereocenters. The van der Waals surface area contributed by atoms with Crippen molar-refractivity contribution in [1.82, 2.24) is 0 Å².